The smallest absolute Gasteiger partial charge is 0.358 e. The standard InChI is InChI=1S/C18H19NO4/c1-12-8-9-16(13(2)10-12)23-11-14-6-4-5-7-15(14)17(18(20)21)19-22-3/h4-10H,11H2,1-3H3,(H,20,21). The fourth-order valence-electron chi connectivity index (χ4n) is 2.29. The van der Waals surface area contributed by atoms with Crippen LogP contribution < -0.4 is 4.74 Å². The van der Waals surface area contributed by atoms with E-state index in [0.29, 0.717) is 5.56 Å². The van der Waals surface area contributed by atoms with Gasteiger partial charge in [0, 0.05) is 5.56 Å². The van der Waals surface area contributed by atoms with Crippen LogP contribution in [0.4, 0.5) is 0 Å². The van der Waals surface area contributed by atoms with Crippen LogP contribution in [-0.2, 0) is 16.2 Å². The van der Waals surface area contributed by atoms with Crippen molar-refractivity contribution in [1.82, 2.24) is 0 Å². The molecule has 120 valence electrons. The molecule has 0 heterocycles. The Morgan fingerprint density at radius 3 is 2.57 bits per heavy atom. The lowest BCUT2D eigenvalue weighted by atomic mass is 10.0. The first-order chi connectivity index (χ1) is 11.0. The van der Waals surface area contributed by atoms with Gasteiger partial charge in [0.25, 0.3) is 0 Å². The van der Waals surface area contributed by atoms with Crippen LogP contribution in [0.1, 0.15) is 22.3 Å². The Labute approximate surface area is 135 Å². The van der Waals surface area contributed by atoms with Crippen molar-refractivity contribution in [3.63, 3.8) is 0 Å². The second-order valence-corrected chi connectivity index (χ2v) is 5.14. The Balaban J connectivity index is 2.27. The first-order valence-corrected chi connectivity index (χ1v) is 7.15. The summed E-state index contributed by atoms with van der Waals surface area (Å²) in [6.45, 7) is 4.24. The predicted molar refractivity (Wildman–Crippen MR) is 87.9 cm³/mol. The van der Waals surface area contributed by atoms with Gasteiger partial charge >= 0.3 is 5.97 Å². The van der Waals surface area contributed by atoms with E-state index in [4.69, 9.17) is 4.74 Å². The summed E-state index contributed by atoms with van der Waals surface area (Å²) in [5, 5.41) is 12.9. The van der Waals surface area contributed by atoms with Gasteiger partial charge in [0.05, 0.1) is 0 Å². The Morgan fingerprint density at radius 1 is 1.17 bits per heavy atom. The number of oxime groups is 1. The van der Waals surface area contributed by atoms with Gasteiger partial charge in [-0.05, 0) is 31.0 Å². The Morgan fingerprint density at radius 2 is 1.91 bits per heavy atom. The Hall–Kier alpha value is -2.82. The van der Waals surface area contributed by atoms with Gasteiger partial charge in [0.15, 0.2) is 5.71 Å². The maximum absolute atomic E-state index is 11.4. The van der Waals surface area contributed by atoms with E-state index in [1.807, 2.05) is 44.2 Å². The molecule has 0 saturated heterocycles. The van der Waals surface area contributed by atoms with Crippen molar-refractivity contribution in [2.24, 2.45) is 5.16 Å². The van der Waals surface area contributed by atoms with Crippen molar-refractivity contribution in [2.75, 3.05) is 7.11 Å². The van der Waals surface area contributed by atoms with E-state index in [-0.39, 0.29) is 12.3 Å². The van der Waals surface area contributed by atoms with E-state index in [1.165, 1.54) is 7.11 Å². The summed E-state index contributed by atoms with van der Waals surface area (Å²) in [6.07, 6.45) is 0. The van der Waals surface area contributed by atoms with Crippen LogP contribution in [0.15, 0.2) is 47.6 Å². The highest BCUT2D eigenvalue weighted by Gasteiger charge is 2.17. The largest absolute Gasteiger partial charge is 0.489 e. The summed E-state index contributed by atoms with van der Waals surface area (Å²) >= 11 is 0. The first-order valence-electron chi connectivity index (χ1n) is 7.15. The zero-order chi connectivity index (χ0) is 16.8. The molecule has 0 aromatic heterocycles. The molecule has 0 atom stereocenters. The maximum atomic E-state index is 11.4. The topological polar surface area (TPSA) is 68.1 Å². The predicted octanol–water partition coefficient (Wildman–Crippen LogP) is 3.32. The molecule has 0 fully saturated rings. The third-order valence-corrected chi connectivity index (χ3v) is 3.37. The molecule has 0 spiro atoms. The third kappa shape index (κ3) is 4.10. The molecule has 2 rings (SSSR count). The molecule has 0 saturated carbocycles. The van der Waals surface area contributed by atoms with Crippen LogP contribution in [-0.4, -0.2) is 23.9 Å². The van der Waals surface area contributed by atoms with Gasteiger partial charge in [-0.2, -0.15) is 0 Å². The first kappa shape index (κ1) is 16.5. The molecule has 2 aromatic rings. The van der Waals surface area contributed by atoms with Gasteiger partial charge in [-0.1, -0.05) is 47.1 Å². The van der Waals surface area contributed by atoms with Gasteiger partial charge in [0.2, 0.25) is 0 Å². The van der Waals surface area contributed by atoms with Gasteiger partial charge in [-0.15, -0.1) is 0 Å². The lowest BCUT2D eigenvalue weighted by Gasteiger charge is -2.12. The quantitative estimate of drug-likeness (QED) is 0.656. The second kappa shape index (κ2) is 7.45. The number of benzene rings is 2. The summed E-state index contributed by atoms with van der Waals surface area (Å²) in [7, 11) is 1.32. The average molecular weight is 313 g/mol. The van der Waals surface area contributed by atoms with Crippen molar-refractivity contribution in [2.45, 2.75) is 20.5 Å². The molecule has 0 aliphatic heterocycles. The number of carboxylic acids is 1. The highest BCUT2D eigenvalue weighted by Crippen LogP contribution is 2.21. The lowest BCUT2D eigenvalue weighted by Crippen LogP contribution is -2.17. The molecule has 0 radical (unpaired) electrons. The molecule has 0 bridgehead atoms. The zero-order valence-electron chi connectivity index (χ0n) is 13.4. The number of aryl methyl sites for hydroxylation is 2. The Bertz CT molecular complexity index is 738. The number of nitrogens with zero attached hydrogens (tertiary/aromatic N) is 1. The summed E-state index contributed by atoms with van der Waals surface area (Å²) in [4.78, 5) is 16.0. The third-order valence-electron chi connectivity index (χ3n) is 3.37. The molecule has 1 N–H and O–H groups in total. The van der Waals surface area contributed by atoms with Crippen molar-refractivity contribution in [3.8, 4) is 5.75 Å². The second-order valence-electron chi connectivity index (χ2n) is 5.14. The molecular weight excluding hydrogens is 294 g/mol. The van der Waals surface area contributed by atoms with Crippen LogP contribution in [0.5, 0.6) is 5.75 Å². The minimum absolute atomic E-state index is 0.146. The van der Waals surface area contributed by atoms with Crippen LogP contribution >= 0.6 is 0 Å². The summed E-state index contributed by atoms with van der Waals surface area (Å²) < 4.78 is 5.84. The van der Waals surface area contributed by atoms with E-state index in [2.05, 4.69) is 9.99 Å². The molecule has 2 aromatic carbocycles. The molecule has 5 heteroatoms. The normalized spacial score (nSPS) is 11.2. The summed E-state index contributed by atoms with van der Waals surface area (Å²) in [6, 6.07) is 13.0. The molecule has 0 amide bonds. The summed E-state index contributed by atoms with van der Waals surface area (Å²) in [5.74, 6) is -0.378. The van der Waals surface area contributed by atoms with Crippen LogP contribution in [0.3, 0.4) is 0 Å². The van der Waals surface area contributed by atoms with E-state index in [0.717, 1.165) is 22.4 Å². The Kier molecular flexibility index (Phi) is 5.36. The number of hydrogen-bond donors (Lipinski definition) is 1. The van der Waals surface area contributed by atoms with Gasteiger partial charge < -0.3 is 14.7 Å². The molecule has 0 aliphatic carbocycles. The van der Waals surface area contributed by atoms with Crippen LogP contribution in [0.2, 0.25) is 0 Å². The zero-order valence-corrected chi connectivity index (χ0v) is 13.4. The van der Waals surface area contributed by atoms with Gasteiger partial charge in [-0.25, -0.2) is 4.79 Å². The number of hydrogen-bond acceptors (Lipinski definition) is 4. The number of carboxylic acid groups (broad SMARTS) is 1. The molecule has 23 heavy (non-hydrogen) atoms. The molecule has 0 unspecified atom stereocenters. The number of aliphatic carboxylic acids is 1. The van der Waals surface area contributed by atoms with Crippen molar-refractivity contribution in [3.05, 3.63) is 64.7 Å². The minimum Gasteiger partial charge on any atom is -0.489 e. The fourth-order valence-corrected chi connectivity index (χ4v) is 2.29. The van der Waals surface area contributed by atoms with Crippen molar-refractivity contribution >= 4 is 11.7 Å². The number of ether oxygens (including phenoxy) is 1. The average Bonchev–Trinajstić information content (AvgIpc) is 2.52. The van der Waals surface area contributed by atoms with Gasteiger partial charge in [-0.3, -0.25) is 0 Å². The molecular formula is C18H19NO4. The highest BCUT2D eigenvalue weighted by molar-refractivity contribution is 6.42. The van der Waals surface area contributed by atoms with Crippen molar-refractivity contribution < 1.29 is 19.5 Å². The van der Waals surface area contributed by atoms with Crippen LogP contribution in [0.25, 0.3) is 0 Å². The number of carbonyl (C=O) groups is 1. The number of rotatable bonds is 6. The highest BCUT2D eigenvalue weighted by atomic mass is 16.6. The monoisotopic (exact) mass is 313 g/mol. The summed E-state index contributed by atoms with van der Waals surface area (Å²) in [5.41, 5.74) is 3.26. The van der Waals surface area contributed by atoms with Crippen LogP contribution in [0, 0.1) is 13.8 Å². The molecule has 0 aliphatic rings. The van der Waals surface area contributed by atoms with E-state index in [1.54, 1.807) is 12.1 Å². The SMILES string of the molecule is CON=C(C(=O)O)c1ccccc1COc1ccc(C)cc1C. The lowest BCUT2D eigenvalue weighted by molar-refractivity contribution is -0.129. The van der Waals surface area contributed by atoms with E-state index >= 15 is 0 Å². The van der Waals surface area contributed by atoms with Gasteiger partial charge in [0.1, 0.15) is 19.5 Å². The van der Waals surface area contributed by atoms with E-state index < -0.39 is 5.97 Å². The fraction of sp³-hybridized carbons (Fsp3) is 0.222. The van der Waals surface area contributed by atoms with E-state index in [9.17, 15) is 9.90 Å². The molecule has 5 nitrogen and oxygen atoms in total. The minimum atomic E-state index is -1.15. The maximum Gasteiger partial charge on any atom is 0.358 e. The van der Waals surface area contributed by atoms with Crippen molar-refractivity contribution in [1.29, 1.82) is 0 Å².